The molecule has 1 heterocycles. The molecule has 118 valence electrons. The van der Waals surface area contributed by atoms with Crippen molar-refractivity contribution in [1.82, 2.24) is 4.90 Å². The van der Waals surface area contributed by atoms with Crippen LogP contribution in [-0.2, 0) is 9.59 Å². The van der Waals surface area contributed by atoms with Gasteiger partial charge in [-0.05, 0) is 43.2 Å². The van der Waals surface area contributed by atoms with Crippen LogP contribution in [0.4, 0.5) is 0 Å². The average molecular weight is 319 g/mol. The van der Waals surface area contributed by atoms with Crippen molar-refractivity contribution < 1.29 is 14.7 Å². The molecule has 1 aliphatic carbocycles. The molecule has 2 fully saturated rings. The molecule has 3 rings (SSSR count). The van der Waals surface area contributed by atoms with E-state index >= 15 is 0 Å². The third kappa shape index (κ3) is 3.29. The van der Waals surface area contributed by atoms with Crippen molar-refractivity contribution in [1.29, 1.82) is 0 Å². The summed E-state index contributed by atoms with van der Waals surface area (Å²) in [6.45, 7) is 3.03. The van der Waals surface area contributed by atoms with Gasteiger partial charge < -0.3 is 10.0 Å². The second-order valence-corrected chi connectivity index (χ2v) is 7.32. The lowest BCUT2D eigenvalue weighted by Gasteiger charge is -2.16. The van der Waals surface area contributed by atoms with Gasteiger partial charge in [0.2, 0.25) is 5.91 Å². The molecule has 1 N–H and O–H groups in total. The largest absolute Gasteiger partial charge is 0.481 e. The molecule has 1 amide bonds. The van der Waals surface area contributed by atoms with E-state index < -0.39 is 5.97 Å². The smallest absolute Gasteiger partial charge is 0.308 e. The molecular weight excluding hydrogens is 298 g/mol. The molecule has 1 aliphatic heterocycles. The average Bonchev–Trinajstić information content (AvgIpc) is 3.24. The van der Waals surface area contributed by atoms with Crippen molar-refractivity contribution in [3.8, 4) is 0 Å². The lowest BCUT2D eigenvalue weighted by atomic mass is 9.92. The number of likely N-dealkylation sites (tertiary alicyclic amines) is 1. The molecule has 1 saturated heterocycles. The van der Waals surface area contributed by atoms with E-state index in [9.17, 15) is 14.7 Å². The monoisotopic (exact) mass is 319 g/mol. The minimum Gasteiger partial charge on any atom is -0.481 e. The summed E-state index contributed by atoms with van der Waals surface area (Å²) >= 11 is 1.54. The zero-order chi connectivity index (χ0) is 15.7. The number of thioether (sulfide) groups is 1. The summed E-state index contributed by atoms with van der Waals surface area (Å²) in [5.74, 6) is -0.0108. The standard InChI is InChI=1S/C17H21NO3S/c1-11-4-2-3-5-15(11)22-10-16(19)18-8-13(12-6-7-12)14(9-18)17(20)21/h2-5,12-14H,6-10H2,1H3,(H,20,21)/t13-,14+/m1/s1. The highest BCUT2D eigenvalue weighted by atomic mass is 32.2. The maximum Gasteiger partial charge on any atom is 0.308 e. The number of aryl methyl sites for hydroxylation is 1. The zero-order valence-corrected chi connectivity index (χ0v) is 13.5. The van der Waals surface area contributed by atoms with Gasteiger partial charge in [0.1, 0.15) is 0 Å². The minimum atomic E-state index is -0.751. The Morgan fingerprint density at radius 3 is 2.64 bits per heavy atom. The molecule has 0 radical (unpaired) electrons. The predicted molar refractivity (Wildman–Crippen MR) is 85.8 cm³/mol. The van der Waals surface area contributed by atoms with E-state index in [0.29, 0.717) is 24.8 Å². The van der Waals surface area contributed by atoms with E-state index in [0.717, 1.165) is 17.7 Å². The predicted octanol–water partition coefficient (Wildman–Crippen LogP) is 2.66. The summed E-state index contributed by atoms with van der Waals surface area (Å²) in [5.41, 5.74) is 1.17. The van der Waals surface area contributed by atoms with Gasteiger partial charge in [-0.1, -0.05) is 18.2 Å². The second kappa shape index (κ2) is 6.32. The number of carboxylic acids is 1. The highest BCUT2D eigenvalue weighted by Gasteiger charge is 2.46. The fraction of sp³-hybridized carbons (Fsp3) is 0.529. The first-order valence-electron chi connectivity index (χ1n) is 7.75. The molecular formula is C17H21NO3S. The van der Waals surface area contributed by atoms with E-state index in [4.69, 9.17) is 0 Å². The van der Waals surface area contributed by atoms with Crippen molar-refractivity contribution in [2.75, 3.05) is 18.8 Å². The Bertz CT molecular complexity index is 585. The topological polar surface area (TPSA) is 57.6 Å². The van der Waals surface area contributed by atoms with Crippen molar-refractivity contribution in [3.63, 3.8) is 0 Å². The number of carboxylic acid groups (broad SMARTS) is 1. The molecule has 0 spiro atoms. The highest BCUT2D eigenvalue weighted by molar-refractivity contribution is 8.00. The lowest BCUT2D eigenvalue weighted by molar-refractivity contribution is -0.142. The summed E-state index contributed by atoms with van der Waals surface area (Å²) in [4.78, 5) is 26.7. The van der Waals surface area contributed by atoms with Gasteiger partial charge in [-0.2, -0.15) is 0 Å². The number of benzene rings is 1. The Labute approximate surface area is 134 Å². The summed E-state index contributed by atoms with van der Waals surface area (Å²) in [6, 6.07) is 8.01. The van der Waals surface area contributed by atoms with E-state index in [-0.39, 0.29) is 17.7 Å². The summed E-state index contributed by atoms with van der Waals surface area (Å²) in [6.07, 6.45) is 2.24. The third-order valence-corrected chi connectivity index (χ3v) is 5.87. The van der Waals surface area contributed by atoms with Gasteiger partial charge in [-0.15, -0.1) is 11.8 Å². The number of hydrogen-bond donors (Lipinski definition) is 1. The van der Waals surface area contributed by atoms with Crippen molar-refractivity contribution in [2.24, 2.45) is 17.8 Å². The summed E-state index contributed by atoms with van der Waals surface area (Å²) in [5, 5.41) is 9.36. The maximum atomic E-state index is 12.4. The van der Waals surface area contributed by atoms with Crippen LogP contribution in [0.5, 0.6) is 0 Å². The van der Waals surface area contributed by atoms with E-state index in [1.165, 1.54) is 17.3 Å². The van der Waals surface area contributed by atoms with Crippen LogP contribution in [0.25, 0.3) is 0 Å². The van der Waals surface area contributed by atoms with E-state index in [1.807, 2.05) is 31.2 Å². The van der Waals surface area contributed by atoms with Crippen LogP contribution < -0.4 is 0 Å². The molecule has 2 atom stereocenters. The first kappa shape index (κ1) is 15.4. The molecule has 0 unspecified atom stereocenters. The van der Waals surface area contributed by atoms with Crippen LogP contribution in [-0.4, -0.2) is 40.7 Å². The Morgan fingerprint density at radius 1 is 1.27 bits per heavy atom. The van der Waals surface area contributed by atoms with Gasteiger partial charge in [0.25, 0.3) is 0 Å². The molecule has 1 aromatic carbocycles. The van der Waals surface area contributed by atoms with Gasteiger partial charge in [0.05, 0.1) is 11.7 Å². The number of hydrogen-bond acceptors (Lipinski definition) is 3. The van der Waals surface area contributed by atoms with Crippen LogP contribution in [0.2, 0.25) is 0 Å². The molecule has 22 heavy (non-hydrogen) atoms. The van der Waals surface area contributed by atoms with Gasteiger partial charge in [-0.3, -0.25) is 9.59 Å². The van der Waals surface area contributed by atoms with Crippen LogP contribution in [0.1, 0.15) is 18.4 Å². The number of aliphatic carboxylic acids is 1. The van der Waals surface area contributed by atoms with Gasteiger partial charge in [-0.25, -0.2) is 0 Å². The van der Waals surface area contributed by atoms with Gasteiger partial charge in [0.15, 0.2) is 0 Å². The molecule has 0 bridgehead atoms. The maximum absolute atomic E-state index is 12.4. The van der Waals surface area contributed by atoms with Crippen LogP contribution in [0, 0.1) is 24.7 Å². The molecule has 4 nitrogen and oxygen atoms in total. The normalized spacial score (nSPS) is 24.5. The first-order valence-corrected chi connectivity index (χ1v) is 8.74. The Morgan fingerprint density at radius 2 is 2.00 bits per heavy atom. The fourth-order valence-electron chi connectivity index (χ4n) is 3.25. The Hall–Kier alpha value is -1.49. The van der Waals surface area contributed by atoms with Crippen molar-refractivity contribution in [3.05, 3.63) is 29.8 Å². The third-order valence-electron chi connectivity index (χ3n) is 4.71. The molecule has 5 heteroatoms. The number of carbonyl (C=O) groups excluding carboxylic acids is 1. The Balaban J connectivity index is 1.59. The number of carbonyl (C=O) groups is 2. The number of nitrogens with zero attached hydrogens (tertiary/aromatic N) is 1. The Kier molecular flexibility index (Phi) is 4.43. The van der Waals surface area contributed by atoms with E-state index in [1.54, 1.807) is 4.90 Å². The highest BCUT2D eigenvalue weighted by Crippen LogP contribution is 2.44. The molecule has 2 aliphatic rings. The molecule has 1 aromatic rings. The fourth-order valence-corrected chi connectivity index (χ4v) is 4.18. The lowest BCUT2D eigenvalue weighted by Crippen LogP contribution is -2.31. The van der Waals surface area contributed by atoms with E-state index in [2.05, 4.69) is 0 Å². The van der Waals surface area contributed by atoms with Crippen LogP contribution >= 0.6 is 11.8 Å². The molecule has 0 aromatic heterocycles. The SMILES string of the molecule is Cc1ccccc1SCC(=O)N1C[C@H](C(=O)O)[C@@H](C2CC2)C1. The zero-order valence-electron chi connectivity index (χ0n) is 12.7. The summed E-state index contributed by atoms with van der Waals surface area (Å²) < 4.78 is 0. The van der Waals surface area contributed by atoms with Crippen LogP contribution in [0.15, 0.2) is 29.2 Å². The van der Waals surface area contributed by atoms with Crippen LogP contribution in [0.3, 0.4) is 0 Å². The number of amides is 1. The summed E-state index contributed by atoms with van der Waals surface area (Å²) in [7, 11) is 0. The van der Waals surface area contributed by atoms with Crippen molar-refractivity contribution >= 4 is 23.6 Å². The quantitative estimate of drug-likeness (QED) is 0.848. The van der Waals surface area contributed by atoms with Crippen molar-refractivity contribution in [2.45, 2.75) is 24.7 Å². The van der Waals surface area contributed by atoms with Gasteiger partial charge in [0, 0.05) is 18.0 Å². The number of rotatable bonds is 5. The second-order valence-electron chi connectivity index (χ2n) is 6.30. The van der Waals surface area contributed by atoms with Gasteiger partial charge >= 0.3 is 5.97 Å². The first-order chi connectivity index (χ1) is 10.6. The minimum absolute atomic E-state index is 0.0580. The molecule has 1 saturated carbocycles.